The van der Waals surface area contributed by atoms with Crippen LogP contribution in [0.3, 0.4) is 0 Å². The minimum Gasteiger partial charge on any atom is -0.353 e. The van der Waals surface area contributed by atoms with E-state index in [2.05, 4.69) is 15.0 Å². The van der Waals surface area contributed by atoms with Crippen molar-refractivity contribution in [3.8, 4) is 0 Å². The average molecular weight is 455 g/mol. The Kier molecular flexibility index (Phi) is 6.09. The van der Waals surface area contributed by atoms with Gasteiger partial charge in [-0.1, -0.05) is 23.7 Å². The largest absolute Gasteiger partial charge is 0.353 e. The number of aromatic nitrogens is 3. The summed E-state index contributed by atoms with van der Waals surface area (Å²) in [7, 11) is 0. The molecule has 1 saturated heterocycles. The minimum absolute atomic E-state index is 0.0120. The molecule has 10 heteroatoms. The lowest BCUT2D eigenvalue weighted by molar-refractivity contribution is -0.386. The van der Waals surface area contributed by atoms with Gasteiger partial charge in [-0.15, -0.1) is 0 Å². The van der Waals surface area contributed by atoms with Crippen LogP contribution in [0.15, 0.2) is 42.6 Å². The second-order valence-electron chi connectivity index (χ2n) is 7.74. The van der Waals surface area contributed by atoms with E-state index in [0.717, 1.165) is 11.4 Å². The van der Waals surface area contributed by atoms with Gasteiger partial charge in [-0.3, -0.25) is 19.6 Å². The van der Waals surface area contributed by atoms with E-state index >= 15 is 0 Å². The van der Waals surface area contributed by atoms with Gasteiger partial charge in [0.15, 0.2) is 0 Å². The van der Waals surface area contributed by atoms with Gasteiger partial charge < -0.3 is 9.80 Å². The van der Waals surface area contributed by atoms with Crippen LogP contribution in [-0.2, 0) is 6.54 Å². The Morgan fingerprint density at radius 1 is 1.09 bits per heavy atom. The van der Waals surface area contributed by atoms with Crippen molar-refractivity contribution < 1.29 is 9.72 Å². The molecule has 1 aromatic carbocycles. The number of hydrogen-bond acceptors (Lipinski definition) is 6. The SMILES string of the molecule is Cc1nn(Cc2ccc(C(=O)N3CCN(c4ccc(Cl)cn4)CC3)cc2)c(C)c1[N+](=O)[O-]. The Morgan fingerprint density at radius 2 is 1.78 bits per heavy atom. The molecule has 4 rings (SSSR count). The lowest BCUT2D eigenvalue weighted by Gasteiger charge is -2.35. The second-order valence-corrected chi connectivity index (χ2v) is 8.18. The zero-order valence-corrected chi connectivity index (χ0v) is 18.6. The number of benzene rings is 1. The molecule has 0 spiro atoms. The molecule has 3 heterocycles. The lowest BCUT2D eigenvalue weighted by atomic mass is 10.1. The number of nitro groups is 1. The maximum atomic E-state index is 12.9. The maximum absolute atomic E-state index is 12.9. The molecule has 1 aliphatic rings. The van der Waals surface area contributed by atoms with Gasteiger partial charge in [0.05, 0.1) is 16.5 Å². The molecular formula is C22H23ClN6O3. The Hall–Kier alpha value is -3.46. The van der Waals surface area contributed by atoms with Crippen LogP contribution in [0.4, 0.5) is 11.5 Å². The quantitative estimate of drug-likeness (QED) is 0.432. The fourth-order valence-electron chi connectivity index (χ4n) is 3.91. The molecule has 0 unspecified atom stereocenters. The molecule has 1 aliphatic heterocycles. The predicted molar refractivity (Wildman–Crippen MR) is 121 cm³/mol. The molecule has 0 N–H and O–H groups in total. The van der Waals surface area contributed by atoms with E-state index < -0.39 is 4.92 Å². The smallest absolute Gasteiger partial charge is 0.312 e. The van der Waals surface area contributed by atoms with Crippen LogP contribution >= 0.6 is 11.6 Å². The third-order valence-electron chi connectivity index (χ3n) is 5.66. The molecule has 32 heavy (non-hydrogen) atoms. The van der Waals surface area contributed by atoms with Crippen LogP contribution in [-0.4, -0.2) is 56.7 Å². The summed E-state index contributed by atoms with van der Waals surface area (Å²) in [6, 6.07) is 11.0. The summed E-state index contributed by atoms with van der Waals surface area (Å²) >= 11 is 5.90. The van der Waals surface area contributed by atoms with Crippen molar-refractivity contribution in [2.45, 2.75) is 20.4 Å². The van der Waals surface area contributed by atoms with Crippen molar-refractivity contribution in [1.82, 2.24) is 19.7 Å². The van der Waals surface area contributed by atoms with Crippen LogP contribution in [0, 0.1) is 24.0 Å². The summed E-state index contributed by atoms with van der Waals surface area (Å²) in [6.45, 7) is 6.36. The fourth-order valence-corrected chi connectivity index (χ4v) is 4.02. The maximum Gasteiger partial charge on any atom is 0.312 e. The van der Waals surface area contributed by atoms with E-state index in [1.54, 1.807) is 36.9 Å². The fraction of sp³-hybridized carbons (Fsp3) is 0.318. The molecular weight excluding hydrogens is 432 g/mol. The highest BCUT2D eigenvalue weighted by atomic mass is 35.5. The standard InChI is InChI=1S/C22H23ClN6O3/c1-15-21(29(31)32)16(2)28(25-15)14-17-3-5-18(6-4-17)22(30)27-11-9-26(10-12-27)20-8-7-19(23)13-24-20/h3-8,13H,9-12,14H2,1-2H3. The lowest BCUT2D eigenvalue weighted by Crippen LogP contribution is -2.49. The van der Waals surface area contributed by atoms with Crippen molar-refractivity contribution >= 4 is 29.0 Å². The molecule has 0 aliphatic carbocycles. The molecule has 1 amide bonds. The zero-order valence-electron chi connectivity index (χ0n) is 17.9. The van der Waals surface area contributed by atoms with Gasteiger partial charge in [-0.05, 0) is 43.7 Å². The number of hydrogen-bond donors (Lipinski definition) is 0. The first kappa shape index (κ1) is 21.8. The molecule has 2 aromatic heterocycles. The highest BCUT2D eigenvalue weighted by molar-refractivity contribution is 6.30. The van der Waals surface area contributed by atoms with Crippen molar-refractivity contribution in [1.29, 1.82) is 0 Å². The first-order valence-electron chi connectivity index (χ1n) is 10.3. The van der Waals surface area contributed by atoms with Crippen molar-refractivity contribution in [3.05, 3.63) is 80.2 Å². The van der Waals surface area contributed by atoms with E-state index in [0.29, 0.717) is 54.7 Å². The minimum atomic E-state index is -0.404. The first-order chi connectivity index (χ1) is 15.3. The van der Waals surface area contributed by atoms with Crippen LogP contribution < -0.4 is 4.90 Å². The molecule has 0 atom stereocenters. The number of aryl methyl sites for hydroxylation is 1. The predicted octanol–water partition coefficient (Wildman–Crippen LogP) is 3.47. The molecule has 0 saturated carbocycles. The number of halogens is 1. The van der Waals surface area contributed by atoms with Crippen molar-refractivity contribution in [2.75, 3.05) is 31.1 Å². The van der Waals surface area contributed by atoms with E-state index in [1.165, 1.54) is 0 Å². The molecule has 1 fully saturated rings. The summed E-state index contributed by atoms with van der Waals surface area (Å²) in [5, 5.41) is 16.1. The van der Waals surface area contributed by atoms with E-state index in [1.807, 2.05) is 29.2 Å². The summed E-state index contributed by atoms with van der Waals surface area (Å²) in [4.78, 5) is 32.0. The van der Waals surface area contributed by atoms with Crippen molar-refractivity contribution in [2.24, 2.45) is 0 Å². The highest BCUT2D eigenvalue weighted by Gasteiger charge is 2.24. The Balaban J connectivity index is 1.38. The topological polar surface area (TPSA) is 97.4 Å². The van der Waals surface area contributed by atoms with Gasteiger partial charge in [0.1, 0.15) is 17.2 Å². The van der Waals surface area contributed by atoms with E-state index in [-0.39, 0.29) is 11.6 Å². The van der Waals surface area contributed by atoms with Gasteiger partial charge in [-0.25, -0.2) is 4.98 Å². The number of amides is 1. The van der Waals surface area contributed by atoms with Crippen molar-refractivity contribution in [3.63, 3.8) is 0 Å². The number of carbonyl (C=O) groups is 1. The van der Waals surface area contributed by atoms with E-state index in [4.69, 9.17) is 11.6 Å². The normalized spacial score (nSPS) is 14.0. The van der Waals surface area contributed by atoms with E-state index in [9.17, 15) is 14.9 Å². The number of anilines is 1. The Bertz CT molecular complexity index is 1140. The monoisotopic (exact) mass is 454 g/mol. The highest BCUT2D eigenvalue weighted by Crippen LogP contribution is 2.23. The summed E-state index contributed by atoms with van der Waals surface area (Å²) in [6.07, 6.45) is 1.63. The number of carbonyl (C=O) groups excluding carboxylic acids is 1. The molecule has 3 aromatic rings. The van der Waals surface area contributed by atoms with Gasteiger partial charge in [0.25, 0.3) is 5.91 Å². The number of nitrogens with zero attached hydrogens (tertiary/aromatic N) is 6. The second kappa shape index (κ2) is 8.96. The number of piperazine rings is 1. The summed E-state index contributed by atoms with van der Waals surface area (Å²) in [5.74, 6) is 0.845. The van der Waals surface area contributed by atoms with Crippen LogP contribution in [0.2, 0.25) is 5.02 Å². The molecule has 0 bridgehead atoms. The van der Waals surface area contributed by atoms with Gasteiger partial charge in [0.2, 0.25) is 0 Å². The number of pyridine rings is 1. The Labute approximate surface area is 190 Å². The van der Waals surface area contributed by atoms with Crippen LogP contribution in [0.1, 0.15) is 27.3 Å². The summed E-state index contributed by atoms with van der Waals surface area (Å²) < 4.78 is 1.62. The molecule has 166 valence electrons. The third-order valence-corrected chi connectivity index (χ3v) is 5.89. The van der Waals surface area contributed by atoms with Gasteiger partial charge in [0, 0.05) is 37.9 Å². The molecule has 0 radical (unpaired) electrons. The third kappa shape index (κ3) is 4.43. The average Bonchev–Trinajstić information content (AvgIpc) is 3.07. The summed E-state index contributed by atoms with van der Waals surface area (Å²) in [5.41, 5.74) is 2.49. The van der Waals surface area contributed by atoms with Crippen LogP contribution in [0.5, 0.6) is 0 Å². The van der Waals surface area contributed by atoms with Crippen LogP contribution in [0.25, 0.3) is 0 Å². The zero-order chi connectivity index (χ0) is 22.8. The van der Waals surface area contributed by atoms with Gasteiger partial charge >= 0.3 is 5.69 Å². The Morgan fingerprint density at radius 3 is 2.34 bits per heavy atom. The van der Waals surface area contributed by atoms with Gasteiger partial charge in [-0.2, -0.15) is 5.10 Å². The number of rotatable bonds is 5. The first-order valence-corrected chi connectivity index (χ1v) is 10.6. The molecule has 9 nitrogen and oxygen atoms in total.